The van der Waals surface area contributed by atoms with E-state index in [1.54, 1.807) is 6.92 Å². The molecule has 1 aliphatic carbocycles. The van der Waals surface area contributed by atoms with Crippen LogP contribution in [0.3, 0.4) is 0 Å². The van der Waals surface area contributed by atoms with Crippen molar-refractivity contribution in [1.82, 2.24) is 0 Å². The Bertz CT molecular complexity index is 263. The highest BCUT2D eigenvalue weighted by Crippen LogP contribution is 2.36. The van der Waals surface area contributed by atoms with E-state index in [9.17, 15) is 13.6 Å². The maximum absolute atomic E-state index is 12.8. The molecule has 3 heteroatoms. The molecule has 0 saturated heterocycles. The summed E-state index contributed by atoms with van der Waals surface area (Å²) in [5.41, 5.74) is 0. The highest BCUT2D eigenvalue weighted by Gasteiger charge is 2.36. The van der Waals surface area contributed by atoms with Crippen LogP contribution in [0.5, 0.6) is 0 Å². The topological polar surface area (TPSA) is 17.1 Å². The molecule has 1 fully saturated rings. The van der Waals surface area contributed by atoms with E-state index in [0.717, 1.165) is 0 Å². The Morgan fingerprint density at radius 2 is 2.00 bits per heavy atom. The van der Waals surface area contributed by atoms with Crippen LogP contribution in [0, 0.1) is 17.8 Å². The number of halogens is 2. The molecule has 78 valence electrons. The molecule has 0 aromatic carbocycles. The zero-order chi connectivity index (χ0) is 10.6. The van der Waals surface area contributed by atoms with E-state index in [1.165, 1.54) is 0 Å². The second-order valence-corrected chi connectivity index (χ2v) is 3.70. The fraction of sp³-hybridized carbons (Fsp3) is 0.727. The lowest BCUT2D eigenvalue weighted by Gasteiger charge is -2.26. The van der Waals surface area contributed by atoms with Crippen LogP contribution in [0.2, 0.25) is 0 Å². The minimum Gasteiger partial charge on any atom is -0.298 e. The molecule has 0 bridgehead atoms. The van der Waals surface area contributed by atoms with E-state index < -0.39 is 5.92 Å². The predicted molar refractivity (Wildman–Crippen MR) is 50.0 cm³/mol. The van der Waals surface area contributed by atoms with Crippen molar-refractivity contribution in [3.8, 4) is 11.8 Å². The molecule has 1 saturated carbocycles. The smallest absolute Gasteiger partial charge is 0.248 e. The van der Waals surface area contributed by atoms with Crippen molar-refractivity contribution >= 4 is 5.78 Å². The quantitative estimate of drug-likeness (QED) is 0.626. The van der Waals surface area contributed by atoms with Crippen molar-refractivity contribution in [2.24, 2.45) is 5.92 Å². The fourth-order valence-corrected chi connectivity index (χ4v) is 1.68. The third-order valence-electron chi connectivity index (χ3n) is 2.61. The van der Waals surface area contributed by atoms with Gasteiger partial charge in [0.1, 0.15) is 5.78 Å². The third-order valence-corrected chi connectivity index (χ3v) is 2.61. The number of Topliss-reactive ketones (excluding diaryl/α,β-unsaturated/α-hetero) is 1. The summed E-state index contributed by atoms with van der Waals surface area (Å²) in [7, 11) is 0. The average Bonchev–Trinajstić information content (AvgIpc) is 2.14. The van der Waals surface area contributed by atoms with Crippen LogP contribution >= 0.6 is 0 Å². The predicted octanol–water partition coefficient (Wildman–Crippen LogP) is 2.79. The summed E-state index contributed by atoms with van der Waals surface area (Å²) in [5, 5.41) is 0. The standard InChI is InChI=1S/C11H14F2O/c1-2-3-4-10(14)9-5-7-11(12,13)8-6-9/h9H,4-8H2,1H3. The number of carbonyl (C=O) groups is 1. The molecule has 0 heterocycles. The van der Waals surface area contributed by atoms with Crippen LogP contribution in [-0.4, -0.2) is 11.7 Å². The monoisotopic (exact) mass is 200 g/mol. The Morgan fingerprint density at radius 3 is 2.50 bits per heavy atom. The molecule has 0 amide bonds. The van der Waals surface area contributed by atoms with Gasteiger partial charge in [0.05, 0.1) is 6.42 Å². The van der Waals surface area contributed by atoms with Gasteiger partial charge in [-0.2, -0.15) is 0 Å². The van der Waals surface area contributed by atoms with Crippen molar-refractivity contribution in [1.29, 1.82) is 0 Å². The number of hydrogen-bond donors (Lipinski definition) is 0. The second-order valence-electron chi connectivity index (χ2n) is 3.70. The Hall–Kier alpha value is -0.910. The van der Waals surface area contributed by atoms with Gasteiger partial charge in [0.2, 0.25) is 5.92 Å². The number of ketones is 1. The molecular formula is C11H14F2O. The molecule has 1 aliphatic rings. The zero-order valence-electron chi connectivity index (χ0n) is 8.28. The summed E-state index contributed by atoms with van der Waals surface area (Å²) in [6.45, 7) is 1.67. The molecule has 0 unspecified atom stereocenters. The van der Waals surface area contributed by atoms with Gasteiger partial charge in [-0.1, -0.05) is 5.92 Å². The van der Waals surface area contributed by atoms with Crippen LogP contribution in [0.4, 0.5) is 8.78 Å². The SMILES string of the molecule is CC#CCC(=O)C1CCC(F)(F)CC1. The molecule has 0 atom stereocenters. The van der Waals surface area contributed by atoms with Gasteiger partial charge in [0.15, 0.2) is 0 Å². The van der Waals surface area contributed by atoms with Crippen LogP contribution < -0.4 is 0 Å². The van der Waals surface area contributed by atoms with Crippen LogP contribution in [-0.2, 0) is 4.79 Å². The maximum atomic E-state index is 12.8. The largest absolute Gasteiger partial charge is 0.298 e. The van der Waals surface area contributed by atoms with Crippen LogP contribution in [0.25, 0.3) is 0 Å². The summed E-state index contributed by atoms with van der Waals surface area (Å²) in [6, 6.07) is 0. The molecule has 1 rings (SSSR count). The Kier molecular flexibility index (Phi) is 3.62. The van der Waals surface area contributed by atoms with Gasteiger partial charge in [-0.05, 0) is 19.8 Å². The van der Waals surface area contributed by atoms with Crippen molar-refractivity contribution in [3.63, 3.8) is 0 Å². The van der Waals surface area contributed by atoms with Gasteiger partial charge in [-0.25, -0.2) is 8.78 Å². The van der Waals surface area contributed by atoms with Gasteiger partial charge < -0.3 is 0 Å². The fourth-order valence-electron chi connectivity index (χ4n) is 1.68. The van der Waals surface area contributed by atoms with Gasteiger partial charge in [-0.15, -0.1) is 5.92 Å². The summed E-state index contributed by atoms with van der Waals surface area (Å²) < 4.78 is 25.5. The van der Waals surface area contributed by atoms with Gasteiger partial charge in [-0.3, -0.25) is 4.79 Å². The van der Waals surface area contributed by atoms with E-state index in [4.69, 9.17) is 0 Å². The zero-order valence-corrected chi connectivity index (χ0v) is 8.28. The molecule has 0 radical (unpaired) electrons. The first-order chi connectivity index (χ1) is 6.55. The normalized spacial score (nSPS) is 21.1. The highest BCUT2D eigenvalue weighted by atomic mass is 19.3. The lowest BCUT2D eigenvalue weighted by atomic mass is 9.83. The number of rotatable bonds is 2. The van der Waals surface area contributed by atoms with Crippen molar-refractivity contribution < 1.29 is 13.6 Å². The molecule has 1 nitrogen and oxygen atoms in total. The summed E-state index contributed by atoms with van der Waals surface area (Å²) in [6.07, 6.45) is 0.549. The molecule has 14 heavy (non-hydrogen) atoms. The minimum absolute atomic E-state index is 0.0230. The summed E-state index contributed by atoms with van der Waals surface area (Å²) >= 11 is 0. The molecular weight excluding hydrogens is 186 g/mol. The maximum Gasteiger partial charge on any atom is 0.248 e. The third kappa shape index (κ3) is 3.10. The number of alkyl halides is 2. The first-order valence-electron chi connectivity index (χ1n) is 4.85. The minimum atomic E-state index is -2.55. The number of carbonyl (C=O) groups excluding carboxylic acids is 1. The van der Waals surface area contributed by atoms with Crippen molar-refractivity contribution in [2.45, 2.75) is 45.0 Å². The molecule has 0 aromatic heterocycles. The second kappa shape index (κ2) is 4.54. The van der Waals surface area contributed by atoms with E-state index >= 15 is 0 Å². The Balaban J connectivity index is 2.40. The first-order valence-corrected chi connectivity index (χ1v) is 4.85. The molecule has 0 aliphatic heterocycles. The Labute approximate surface area is 82.9 Å². The lowest BCUT2D eigenvalue weighted by molar-refractivity contribution is -0.126. The van der Waals surface area contributed by atoms with E-state index in [2.05, 4.69) is 11.8 Å². The first kappa shape index (κ1) is 11.2. The lowest BCUT2D eigenvalue weighted by Crippen LogP contribution is -2.28. The highest BCUT2D eigenvalue weighted by molar-refractivity contribution is 5.83. The van der Waals surface area contributed by atoms with Gasteiger partial charge in [0, 0.05) is 18.8 Å². The van der Waals surface area contributed by atoms with Gasteiger partial charge in [0.25, 0.3) is 0 Å². The van der Waals surface area contributed by atoms with E-state index in [1.807, 2.05) is 0 Å². The molecule has 0 N–H and O–H groups in total. The number of hydrogen-bond acceptors (Lipinski definition) is 1. The molecule has 0 aromatic rings. The average molecular weight is 200 g/mol. The summed E-state index contributed by atoms with van der Waals surface area (Å²) in [5.74, 6) is 2.60. The van der Waals surface area contributed by atoms with E-state index in [0.29, 0.717) is 12.8 Å². The molecule has 0 spiro atoms. The Morgan fingerprint density at radius 1 is 1.43 bits per heavy atom. The van der Waals surface area contributed by atoms with Gasteiger partial charge >= 0.3 is 0 Å². The van der Waals surface area contributed by atoms with Crippen LogP contribution in [0.1, 0.15) is 39.0 Å². The van der Waals surface area contributed by atoms with E-state index in [-0.39, 0.29) is 31.0 Å². The van der Waals surface area contributed by atoms with Crippen LogP contribution in [0.15, 0.2) is 0 Å². The van der Waals surface area contributed by atoms with Crippen molar-refractivity contribution in [3.05, 3.63) is 0 Å². The summed E-state index contributed by atoms with van der Waals surface area (Å²) in [4.78, 5) is 11.4. The van der Waals surface area contributed by atoms with Crippen molar-refractivity contribution in [2.75, 3.05) is 0 Å².